The molecule has 1 aliphatic heterocycles. The Morgan fingerprint density at radius 2 is 1.90 bits per heavy atom. The summed E-state index contributed by atoms with van der Waals surface area (Å²) in [6.45, 7) is 0.747. The number of benzene rings is 1. The number of hydrogen-bond acceptors (Lipinski definition) is 2. The van der Waals surface area contributed by atoms with Gasteiger partial charge in [0.1, 0.15) is 0 Å². The van der Waals surface area contributed by atoms with Crippen LogP contribution in [0.4, 0.5) is 23.7 Å². The lowest BCUT2D eigenvalue weighted by Crippen LogP contribution is -2.41. The number of urea groups is 1. The fraction of sp³-hybridized carbons (Fsp3) is 0.429. The van der Waals surface area contributed by atoms with Crippen LogP contribution in [0.25, 0.3) is 0 Å². The lowest BCUT2D eigenvalue weighted by molar-refractivity contribution is -0.136. The average Bonchev–Trinajstić information content (AvgIpc) is 2.47. The number of para-hydroxylation sites is 1. The minimum Gasteiger partial charge on any atom is -0.324 e. The molecule has 2 amide bonds. The molecule has 1 heterocycles. The van der Waals surface area contributed by atoms with E-state index >= 15 is 0 Å². The van der Waals surface area contributed by atoms with E-state index in [4.69, 9.17) is 5.26 Å². The van der Waals surface area contributed by atoms with E-state index in [0.717, 1.165) is 6.07 Å². The number of likely N-dealkylation sites (tertiary alicyclic amines) is 1. The summed E-state index contributed by atoms with van der Waals surface area (Å²) in [6, 6.07) is 6.43. The van der Waals surface area contributed by atoms with E-state index in [0.29, 0.717) is 25.9 Å². The molecule has 2 rings (SSSR count). The van der Waals surface area contributed by atoms with E-state index < -0.39 is 17.8 Å². The summed E-state index contributed by atoms with van der Waals surface area (Å²) in [7, 11) is 0. The minimum absolute atomic E-state index is 0.0866. The van der Waals surface area contributed by atoms with E-state index in [9.17, 15) is 18.0 Å². The van der Waals surface area contributed by atoms with Gasteiger partial charge in [0.25, 0.3) is 0 Å². The van der Waals surface area contributed by atoms with E-state index in [1.807, 2.05) is 0 Å². The molecule has 0 aliphatic carbocycles. The van der Waals surface area contributed by atoms with Gasteiger partial charge in [0, 0.05) is 19.0 Å². The standard InChI is InChI=1S/C14H14F3N3O/c15-14(16,17)11-3-1-2-4-12(11)19-13(21)20-7-5-10(9-18)6-8-20/h1-4,10H,5-8H2,(H,19,21). The van der Waals surface area contributed by atoms with Gasteiger partial charge >= 0.3 is 12.2 Å². The first kappa shape index (κ1) is 15.2. The first-order valence-electron chi connectivity index (χ1n) is 6.53. The molecule has 0 aromatic heterocycles. The first-order chi connectivity index (χ1) is 9.91. The summed E-state index contributed by atoms with van der Waals surface area (Å²) < 4.78 is 38.5. The number of alkyl halides is 3. The SMILES string of the molecule is N#CC1CCN(C(=O)Nc2ccccc2C(F)(F)F)CC1. The lowest BCUT2D eigenvalue weighted by Gasteiger charge is -2.29. The van der Waals surface area contributed by atoms with E-state index in [1.54, 1.807) is 0 Å². The Morgan fingerprint density at radius 3 is 2.48 bits per heavy atom. The number of halogens is 3. The number of amides is 2. The topological polar surface area (TPSA) is 56.1 Å². The van der Waals surface area contributed by atoms with Crippen molar-refractivity contribution in [1.82, 2.24) is 4.90 Å². The van der Waals surface area contributed by atoms with Gasteiger partial charge in [-0.25, -0.2) is 4.79 Å². The number of nitrogens with zero attached hydrogens (tertiary/aromatic N) is 2. The fourth-order valence-electron chi connectivity index (χ4n) is 2.25. The minimum atomic E-state index is -4.52. The quantitative estimate of drug-likeness (QED) is 0.863. The van der Waals surface area contributed by atoms with Crippen LogP contribution in [0, 0.1) is 17.2 Å². The molecule has 0 radical (unpaired) electrons. The number of rotatable bonds is 1. The Bertz CT molecular complexity index is 557. The number of nitrogens with one attached hydrogen (secondary N) is 1. The summed E-state index contributed by atoms with van der Waals surface area (Å²) in [6.07, 6.45) is -3.42. The highest BCUT2D eigenvalue weighted by atomic mass is 19.4. The predicted octanol–water partition coefficient (Wildman–Crippen LogP) is 3.47. The Balaban J connectivity index is 2.06. The number of anilines is 1. The van der Waals surface area contributed by atoms with Gasteiger partial charge in [0.2, 0.25) is 0 Å². The monoisotopic (exact) mass is 297 g/mol. The van der Waals surface area contributed by atoms with E-state index in [2.05, 4.69) is 11.4 Å². The Kier molecular flexibility index (Phi) is 4.36. The zero-order chi connectivity index (χ0) is 15.5. The van der Waals surface area contributed by atoms with Gasteiger partial charge in [0.05, 0.1) is 17.3 Å². The zero-order valence-electron chi connectivity index (χ0n) is 11.2. The van der Waals surface area contributed by atoms with Crippen LogP contribution in [-0.4, -0.2) is 24.0 Å². The molecule has 0 atom stereocenters. The second-order valence-electron chi connectivity index (χ2n) is 4.86. The van der Waals surface area contributed by atoms with Crippen molar-refractivity contribution in [2.45, 2.75) is 19.0 Å². The van der Waals surface area contributed by atoms with Gasteiger partial charge in [-0.15, -0.1) is 0 Å². The average molecular weight is 297 g/mol. The number of carbonyl (C=O) groups excluding carboxylic acids is 1. The van der Waals surface area contributed by atoms with Crippen molar-refractivity contribution in [3.8, 4) is 6.07 Å². The van der Waals surface area contributed by atoms with Crippen molar-refractivity contribution in [1.29, 1.82) is 5.26 Å². The van der Waals surface area contributed by atoms with Gasteiger partial charge in [-0.1, -0.05) is 12.1 Å². The van der Waals surface area contributed by atoms with Crippen molar-refractivity contribution in [2.24, 2.45) is 5.92 Å². The molecular weight excluding hydrogens is 283 g/mol. The number of nitriles is 1. The summed E-state index contributed by atoms with van der Waals surface area (Å²) >= 11 is 0. The van der Waals surface area contributed by atoms with Crippen LogP contribution in [0.2, 0.25) is 0 Å². The molecule has 112 valence electrons. The van der Waals surface area contributed by atoms with Crippen LogP contribution >= 0.6 is 0 Å². The second-order valence-corrected chi connectivity index (χ2v) is 4.86. The molecule has 1 fully saturated rings. The summed E-state index contributed by atoms with van der Waals surface area (Å²) in [4.78, 5) is 13.4. The smallest absolute Gasteiger partial charge is 0.324 e. The summed E-state index contributed by atoms with van der Waals surface area (Å²) in [5.74, 6) is -0.0866. The molecule has 7 heteroatoms. The third-order valence-electron chi connectivity index (χ3n) is 3.44. The van der Waals surface area contributed by atoms with Crippen LogP contribution in [-0.2, 0) is 6.18 Å². The molecule has 21 heavy (non-hydrogen) atoms. The number of hydrogen-bond donors (Lipinski definition) is 1. The first-order valence-corrected chi connectivity index (χ1v) is 6.53. The molecule has 1 aliphatic rings. The maximum absolute atomic E-state index is 12.8. The van der Waals surface area contributed by atoms with Crippen LogP contribution in [0.1, 0.15) is 18.4 Å². The van der Waals surface area contributed by atoms with Crippen molar-refractivity contribution in [3.63, 3.8) is 0 Å². The maximum Gasteiger partial charge on any atom is 0.418 e. The van der Waals surface area contributed by atoms with E-state index in [1.165, 1.54) is 23.1 Å². The number of piperidine rings is 1. The van der Waals surface area contributed by atoms with Crippen molar-refractivity contribution in [2.75, 3.05) is 18.4 Å². The third-order valence-corrected chi connectivity index (χ3v) is 3.44. The highest BCUT2D eigenvalue weighted by Gasteiger charge is 2.34. The molecule has 0 unspecified atom stereocenters. The Hall–Kier alpha value is -2.23. The van der Waals surface area contributed by atoms with Crippen molar-refractivity contribution in [3.05, 3.63) is 29.8 Å². The normalized spacial score (nSPS) is 16.4. The van der Waals surface area contributed by atoms with Crippen LogP contribution in [0.3, 0.4) is 0 Å². The largest absolute Gasteiger partial charge is 0.418 e. The Morgan fingerprint density at radius 1 is 1.29 bits per heavy atom. The Labute approximate surface area is 120 Å². The highest BCUT2D eigenvalue weighted by Crippen LogP contribution is 2.34. The predicted molar refractivity (Wildman–Crippen MR) is 70.4 cm³/mol. The van der Waals surface area contributed by atoms with Crippen molar-refractivity contribution < 1.29 is 18.0 Å². The molecule has 1 aromatic rings. The molecule has 0 bridgehead atoms. The highest BCUT2D eigenvalue weighted by molar-refractivity contribution is 5.90. The van der Waals surface area contributed by atoms with Gasteiger partial charge in [-0.3, -0.25) is 0 Å². The van der Waals surface area contributed by atoms with Gasteiger partial charge in [0.15, 0.2) is 0 Å². The molecule has 1 N–H and O–H groups in total. The second kappa shape index (κ2) is 6.04. The van der Waals surface area contributed by atoms with Crippen molar-refractivity contribution >= 4 is 11.7 Å². The van der Waals surface area contributed by atoms with E-state index in [-0.39, 0.29) is 11.6 Å². The summed E-state index contributed by atoms with van der Waals surface area (Å²) in [5, 5.41) is 11.1. The van der Waals surface area contributed by atoms with Crippen LogP contribution in [0.15, 0.2) is 24.3 Å². The van der Waals surface area contributed by atoms with Crippen LogP contribution < -0.4 is 5.32 Å². The maximum atomic E-state index is 12.8. The van der Waals surface area contributed by atoms with Gasteiger partial charge in [-0.2, -0.15) is 18.4 Å². The van der Waals surface area contributed by atoms with Gasteiger partial charge < -0.3 is 10.2 Å². The molecule has 1 saturated heterocycles. The fourth-order valence-corrected chi connectivity index (χ4v) is 2.25. The van der Waals surface area contributed by atoms with Gasteiger partial charge in [-0.05, 0) is 25.0 Å². The summed E-state index contributed by atoms with van der Waals surface area (Å²) in [5.41, 5.74) is -1.12. The van der Waals surface area contributed by atoms with Crippen LogP contribution in [0.5, 0.6) is 0 Å². The third kappa shape index (κ3) is 3.66. The molecular formula is C14H14F3N3O. The number of carbonyl (C=O) groups is 1. The lowest BCUT2D eigenvalue weighted by atomic mass is 9.99. The molecule has 4 nitrogen and oxygen atoms in total. The molecule has 0 spiro atoms. The zero-order valence-corrected chi connectivity index (χ0v) is 11.2. The molecule has 0 saturated carbocycles. The molecule has 1 aromatic carbocycles.